The van der Waals surface area contributed by atoms with Crippen LogP contribution in [0.3, 0.4) is 0 Å². The Kier molecular flexibility index (Phi) is 4.71. The molecule has 6 nitrogen and oxygen atoms in total. The van der Waals surface area contributed by atoms with E-state index in [0.717, 1.165) is 30.3 Å². The van der Waals surface area contributed by atoms with Crippen LogP contribution in [0.5, 0.6) is 0 Å². The summed E-state index contributed by atoms with van der Waals surface area (Å²) in [4.78, 5) is 25.3. The van der Waals surface area contributed by atoms with Crippen molar-refractivity contribution in [3.8, 4) is 0 Å². The summed E-state index contributed by atoms with van der Waals surface area (Å²) >= 11 is 0. The summed E-state index contributed by atoms with van der Waals surface area (Å²) in [7, 11) is -4.78. The molecule has 31 heavy (non-hydrogen) atoms. The van der Waals surface area contributed by atoms with E-state index in [-0.39, 0.29) is 33.6 Å². The lowest BCUT2D eigenvalue weighted by Crippen LogP contribution is -2.23. The van der Waals surface area contributed by atoms with Gasteiger partial charge in [0.15, 0.2) is 11.6 Å². The van der Waals surface area contributed by atoms with E-state index >= 15 is 0 Å². The van der Waals surface area contributed by atoms with Crippen LogP contribution in [-0.2, 0) is 16.3 Å². The number of fused-ring (bicyclic) bond motifs is 2. The number of anilines is 2. The van der Waals surface area contributed by atoms with E-state index < -0.39 is 38.3 Å². The third-order valence-electron chi connectivity index (χ3n) is 4.77. The fourth-order valence-electron chi connectivity index (χ4n) is 3.37. The van der Waals surface area contributed by atoms with Crippen LogP contribution in [0.1, 0.15) is 37.4 Å². The van der Waals surface area contributed by atoms with Crippen LogP contribution in [0.2, 0.25) is 0 Å². The average molecular weight is 447 g/mol. The standard InChI is InChI=1S/C21H12F3NO5S/c22-21(23,24)11-4-3-5-12(8-11)25-17-10-13(31(28,29)30)9-16-18(17)20(27)15-7-2-1-6-14(15)19(16)26/h1-10,25H,(H,28,29,30). The number of carbonyl (C=O) groups excluding carboxylic acids is 2. The van der Waals surface area contributed by atoms with Crippen molar-refractivity contribution >= 4 is 33.1 Å². The minimum absolute atomic E-state index is 0.0532. The molecular weight excluding hydrogens is 435 g/mol. The molecule has 3 aromatic carbocycles. The van der Waals surface area contributed by atoms with Gasteiger partial charge in [0.2, 0.25) is 0 Å². The van der Waals surface area contributed by atoms with Gasteiger partial charge in [-0.05, 0) is 30.3 Å². The van der Waals surface area contributed by atoms with E-state index in [1.54, 1.807) is 6.07 Å². The number of carbonyl (C=O) groups is 2. The van der Waals surface area contributed by atoms with E-state index in [4.69, 9.17) is 0 Å². The van der Waals surface area contributed by atoms with Crippen LogP contribution in [0.25, 0.3) is 0 Å². The van der Waals surface area contributed by atoms with Gasteiger partial charge >= 0.3 is 6.18 Å². The number of hydrogen-bond acceptors (Lipinski definition) is 5. The van der Waals surface area contributed by atoms with Crippen molar-refractivity contribution in [1.82, 2.24) is 0 Å². The molecule has 0 unspecified atom stereocenters. The molecule has 0 aromatic heterocycles. The Bertz CT molecular complexity index is 1360. The van der Waals surface area contributed by atoms with Gasteiger partial charge in [-0.15, -0.1) is 0 Å². The molecule has 0 fully saturated rings. The van der Waals surface area contributed by atoms with E-state index in [0.29, 0.717) is 0 Å². The van der Waals surface area contributed by atoms with Crippen LogP contribution in [-0.4, -0.2) is 24.5 Å². The van der Waals surface area contributed by atoms with Crippen molar-refractivity contribution in [3.05, 3.63) is 88.5 Å². The minimum atomic E-state index is -4.78. The molecule has 3 aromatic rings. The molecule has 0 heterocycles. The lowest BCUT2D eigenvalue weighted by Gasteiger charge is -2.22. The third kappa shape index (κ3) is 3.71. The second-order valence-electron chi connectivity index (χ2n) is 6.78. The van der Waals surface area contributed by atoms with Gasteiger partial charge in [0.1, 0.15) is 0 Å². The summed E-state index contributed by atoms with van der Waals surface area (Å²) in [6.07, 6.45) is -4.63. The van der Waals surface area contributed by atoms with Gasteiger partial charge < -0.3 is 5.32 Å². The molecule has 158 valence electrons. The topological polar surface area (TPSA) is 101 Å². The van der Waals surface area contributed by atoms with Gasteiger partial charge in [0.25, 0.3) is 10.1 Å². The second kappa shape index (κ2) is 7.03. The Labute approximate surface area is 174 Å². The first-order chi connectivity index (χ1) is 14.5. The van der Waals surface area contributed by atoms with Gasteiger partial charge in [-0.25, -0.2) is 0 Å². The van der Waals surface area contributed by atoms with Crippen LogP contribution in [0.4, 0.5) is 24.5 Å². The van der Waals surface area contributed by atoms with Gasteiger partial charge in [0.05, 0.1) is 21.7 Å². The number of halogens is 3. The summed E-state index contributed by atoms with van der Waals surface area (Å²) in [6, 6.07) is 11.7. The van der Waals surface area contributed by atoms with E-state index in [1.165, 1.54) is 24.3 Å². The van der Waals surface area contributed by atoms with Crippen molar-refractivity contribution in [1.29, 1.82) is 0 Å². The maximum absolute atomic E-state index is 13.1. The van der Waals surface area contributed by atoms with Gasteiger partial charge in [-0.1, -0.05) is 30.3 Å². The zero-order chi connectivity index (χ0) is 22.6. The highest BCUT2D eigenvalue weighted by Crippen LogP contribution is 2.37. The van der Waals surface area contributed by atoms with Gasteiger partial charge in [-0.3, -0.25) is 14.1 Å². The number of rotatable bonds is 3. The molecule has 1 aliphatic carbocycles. The number of hydrogen-bond donors (Lipinski definition) is 2. The molecule has 1 aliphatic rings. The number of alkyl halides is 3. The molecule has 0 atom stereocenters. The molecule has 0 spiro atoms. The van der Waals surface area contributed by atoms with Crippen LogP contribution in [0.15, 0.2) is 65.6 Å². The summed E-state index contributed by atoms with van der Waals surface area (Å²) in [6.45, 7) is 0. The maximum atomic E-state index is 13.1. The Morgan fingerprint density at radius 2 is 1.45 bits per heavy atom. The van der Waals surface area contributed by atoms with Crippen LogP contribution in [0, 0.1) is 0 Å². The maximum Gasteiger partial charge on any atom is 0.416 e. The second-order valence-corrected chi connectivity index (χ2v) is 8.20. The van der Waals surface area contributed by atoms with Gasteiger partial charge in [0, 0.05) is 22.4 Å². The highest BCUT2D eigenvalue weighted by Gasteiger charge is 2.34. The Morgan fingerprint density at radius 1 is 0.806 bits per heavy atom. The predicted molar refractivity (Wildman–Crippen MR) is 104 cm³/mol. The average Bonchev–Trinajstić information content (AvgIpc) is 2.70. The normalized spacial score (nSPS) is 13.5. The van der Waals surface area contributed by atoms with Crippen molar-refractivity contribution in [2.45, 2.75) is 11.1 Å². The molecule has 0 bridgehead atoms. The summed E-state index contributed by atoms with van der Waals surface area (Å²) in [5.74, 6) is -1.26. The number of ketones is 2. The number of benzene rings is 3. The summed E-state index contributed by atoms with van der Waals surface area (Å²) in [5, 5.41) is 2.59. The Hall–Kier alpha value is -3.50. The molecule has 0 saturated heterocycles. The van der Waals surface area contributed by atoms with Crippen molar-refractivity contribution in [2.75, 3.05) is 5.32 Å². The highest BCUT2D eigenvalue weighted by atomic mass is 32.2. The molecule has 10 heteroatoms. The van der Waals surface area contributed by atoms with Crippen molar-refractivity contribution < 1.29 is 35.7 Å². The van der Waals surface area contributed by atoms with E-state index in [1.807, 2.05) is 0 Å². The molecule has 4 rings (SSSR count). The van der Waals surface area contributed by atoms with Crippen molar-refractivity contribution in [2.24, 2.45) is 0 Å². The number of nitrogens with one attached hydrogen (secondary N) is 1. The fourth-order valence-corrected chi connectivity index (χ4v) is 3.91. The molecular formula is C21H12F3NO5S. The first kappa shape index (κ1) is 20.8. The highest BCUT2D eigenvalue weighted by molar-refractivity contribution is 7.85. The first-order valence-electron chi connectivity index (χ1n) is 8.75. The predicted octanol–water partition coefficient (Wildman–Crippen LogP) is 4.47. The SMILES string of the molecule is O=C1c2ccccc2C(=O)c2c(Nc3cccc(C(F)(F)F)c3)cc(S(=O)(=O)O)cc21. The Morgan fingerprint density at radius 3 is 2.06 bits per heavy atom. The minimum Gasteiger partial charge on any atom is -0.355 e. The van der Waals surface area contributed by atoms with Crippen molar-refractivity contribution in [3.63, 3.8) is 0 Å². The van der Waals surface area contributed by atoms with E-state index in [2.05, 4.69) is 5.32 Å². The smallest absolute Gasteiger partial charge is 0.355 e. The monoisotopic (exact) mass is 447 g/mol. The summed E-state index contributed by atoms with van der Waals surface area (Å²) < 4.78 is 72.1. The molecule has 0 amide bonds. The van der Waals surface area contributed by atoms with Gasteiger partial charge in [-0.2, -0.15) is 21.6 Å². The zero-order valence-corrected chi connectivity index (χ0v) is 16.2. The zero-order valence-electron chi connectivity index (χ0n) is 15.4. The lowest BCUT2D eigenvalue weighted by molar-refractivity contribution is -0.137. The fraction of sp³-hybridized carbons (Fsp3) is 0.0476. The first-order valence-corrected chi connectivity index (χ1v) is 10.2. The Balaban J connectivity index is 1.93. The molecule has 0 saturated carbocycles. The summed E-state index contributed by atoms with van der Waals surface area (Å²) in [5.41, 5.74) is -1.64. The largest absolute Gasteiger partial charge is 0.416 e. The molecule has 0 radical (unpaired) electrons. The quantitative estimate of drug-likeness (QED) is 0.450. The third-order valence-corrected chi connectivity index (χ3v) is 5.60. The van der Waals surface area contributed by atoms with Crippen LogP contribution >= 0.6 is 0 Å². The lowest BCUT2D eigenvalue weighted by atomic mass is 9.83. The molecule has 2 N–H and O–H groups in total. The molecule has 0 aliphatic heterocycles. The van der Waals surface area contributed by atoms with E-state index in [9.17, 15) is 35.7 Å². The van der Waals surface area contributed by atoms with Crippen LogP contribution < -0.4 is 5.32 Å².